The summed E-state index contributed by atoms with van der Waals surface area (Å²) in [5.74, 6) is 0. The largest absolute Gasteiger partial charge is 0.392 e. The second-order valence-corrected chi connectivity index (χ2v) is 4.70. The molecule has 0 radical (unpaired) electrons. The lowest BCUT2D eigenvalue weighted by Crippen LogP contribution is -1.94. The van der Waals surface area contributed by atoms with Crippen molar-refractivity contribution in [3.63, 3.8) is 0 Å². The lowest BCUT2D eigenvalue weighted by Gasteiger charge is -2.04. The quantitative estimate of drug-likeness (QED) is 0.843. The SMILES string of the molecule is OCc1csc(C(O)c2ccsc2)c1. The van der Waals surface area contributed by atoms with Crippen molar-refractivity contribution in [2.24, 2.45) is 0 Å². The monoisotopic (exact) mass is 226 g/mol. The molecule has 14 heavy (non-hydrogen) atoms. The maximum absolute atomic E-state index is 9.93. The number of hydrogen-bond acceptors (Lipinski definition) is 4. The Kier molecular flexibility index (Phi) is 2.98. The van der Waals surface area contributed by atoms with Gasteiger partial charge in [0.25, 0.3) is 0 Å². The molecule has 2 aromatic rings. The number of aliphatic hydroxyl groups is 2. The fourth-order valence-electron chi connectivity index (χ4n) is 1.22. The third-order valence-electron chi connectivity index (χ3n) is 1.99. The van der Waals surface area contributed by atoms with Crippen LogP contribution < -0.4 is 0 Å². The van der Waals surface area contributed by atoms with Crippen molar-refractivity contribution in [2.75, 3.05) is 0 Å². The van der Waals surface area contributed by atoms with Crippen molar-refractivity contribution in [2.45, 2.75) is 12.7 Å². The van der Waals surface area contributed by atoms with Crippen molar-refractivity contribution in [1.29, 1.82) is 0 Å². The smallest absolute Gasteiger partial charge is 0.114 e. The van der Waals surface area contributed by atoms with Crippen molar-refractivity contribution >= 4 is 22.7 Å². The Morgan fingerprint density at radius 3 is 2.79 bits per heavy atom. The van der Waals surface area contributed by atoms with Crippen LogP contribution in [0.15, 0.2) is 28.3 Å². The van der Waals surface area contributed by atoms with Crippen LogP contribution in [-0.2, 0) is 6.61 Å². The molecule has 2 aromatic heterocycles. The molecule has 0 saturated carbocycles. The van der Waals surface area contributed by atoms with Crippen molar-refractivity contribution in [1.82, 2.24) is 0 Å². The number of hydrogen-bond donors (Lipinski definition) is 2. The van der Waals surface area contributed by atoms with E-state index < -0.39 is 6.10 Å². The average Bonchev–Trinajstić information content (AvgIpc) is 2.88. The van der Waals surface area contributed by atoms with Crippen LogP contribution >= 0.6 is 22.7 Å². The van der Waals surface area contributed by atoms with Crippen molar-refractivity contribution in [3.05, 3.63) is 44.3 Å². The Hall–Kier alpha value is -0.680. The second kappa shape index (κ2) is 4.23. The van der Waals surface area contributed by atoms with Gasteiger partial charge in [-0.1, -0.05) is 0 Å². The molecule has 0 saturated heterocycles. The third kappa shape index (κ3) is 1.88. The minimum Gasteiger partial charge on any atom is -0.392 e. The first kappa shape index (κ1) is 9.86. The molecule has 1 atom stereocenters. The van der Waals surface area contributed by atoms with Crippen LogP contribution in [0.2, 0.25) is 0 Å². The first-order valence-electron chi connectivity index (χ1n) is 4.19. The molecule has 4 heteroatoms. The Bertz CT molecular complexity index is 392. The third-order valence-corrected chi connectivity index (χ3v) is 3.72. The maximum Gasteiger partial charge on any atom is 0.114 e. The first-order valence-corrected chi connectivity index (χ1v) is 6.02. The highest BCUT2D eigenvalue weighted by atomic mass is 32.1. The molecule has 0 amide bonds. The van der Waals surface area contributed by atoms with Crippen LogP contribution in [0.4, 0.5) is 0 Å². The van der Waals surface area contributed by atoms with Crippen LogP contribution in [0.1, 0.15) is 22.1 Å². The number of thiophene rings is 2. The lowest BCUT2D eigenvalue weighted by molar-refractivity contribution is 0.224. The van der Waals surface area contributed by atoms with Gasteiger partial charge in [-0.15, -0.1) is 11.3 Å². The van der Waals surface area contributed by atoms with E-state index in [0.29, 0.717) is 0 Å². The van der Waals surface area contributed by atoms with Crippen LogP contribution in [-0.4, -0.2) is 10.2 Å². The summed E-state index contributed by atoms with van der Waals surface area (Å²) in [6, 6.07) is 3.75. The molecule has 0 aliphatic carbocycles. The molecule has 0 spiro atoms. The Balaban J connectivity index is 2.23. The number of aliphatic hydroxyl groups excluding tert-OH is 2. The zero-order valence-electron chi connectivity index (χ0n) is 7.38. The number of rotatable bonds is 3. The van der Waals surface area contributed by atoms with E-state index in [-0.39, 0.29) is 6.61 Å². The molecule has 2 heterocycles. The van der Waals surface area contributed by atoms with Crippen LogP contribution in [0, 0.1) is 0 Å². The lowest BCUT2D eigenvalue weighted by atomic mass is 10.1. The zero-order valence-corrected chi connectivity index (χ0v) is 9.02. The maximum atomic E-state index is 9.93. The minimum atomic E-state index is -0.549. The molecular formula is C10H10O2S2. The van der Waals surface area contributed by atoms with Gasteiger partial charge in [-0.3, -0.25) is 0 Å². The van der Waals surface area contributed by atoms with Gasteiger partial charge in [-0.25, -0.2) is 0 Å². The summed E-state index contributed by atoms with van der Waals surface area (Å²) in [6.07, 6.45) is -0.549. The van der Waals surface area contributed by atoms with Gasteiger partial charge in [-0.05, 0) is 39.4 Å². The van der Waals surface area contributed by atoms with Gasteiger partial charge in [0.05, 0.1) is 6.61 Å². The van der Waals surface area contributed by atoms with Gasteiger partial charge in [0, 0.05) is 4.88 Å². The second-order valence-electron chi connectivity index (χ2n) is 2.97. The topological polar surface area (TPSA) is 40.5 Å². The minimum absolute atomic E-state index is 0.0346. The predicted octanol–water partition coefficient (Wildman–Crippen LogP) is 2.38. The fourth-order valence-corrected chi connectivity index (χ4v) is 2.81. The zero-order chi connectivity index (χ0) is 9.97. The predicted molar refractivity (Wildman–Crippen MR) is 58.6 cm³/mol. The summed E-state index contributed by atoms with van der Waals surface area (Å²) >= 11 is 3.05. The fraction of sp³-hybridized carbons (Fsp3) is 0.200. The molecule has 0 aliphatic rings. The van der Waals surface area contributed by atoms with Gasteiger partial charge >= 0.3 is 0 Å². The van der Waals surface area contributed by atoms with Gasteiger partial charge < -0.3 is 10.2 Å². The molecule has 0 aromatic carbocycles. The molecule has 2 nitrogen and oxygen atoms in total. The van der Waals surface area contributed by atoms with E-state index in [0.717, 1.165) is 16.0 Å². The summed E-state index contributed by atoms with van der Waals surface area (Å²) < 4.78 is 0. The summed E-state index contributed by atoms with van der Waals surface area (Å²) in [5, 5.41) is 24.6. The average molecular weight is 226 g/mol. The van der Waals surface area contributed by atoms with E-state index >= 15 is 0 Å². The molecule has 2 rings (SSSR count). The van der Waals surface area contributed by atoms with Crippen LogP contribution in [0.25, 0.3) is 0 Å². The highest BCUT2D eigenvalue weighted by Crippen LogP contribution is 2.28. The first-order chi connectivity index (χ1) is 6.81. The van der Waals surface area contributed by atoms with E-state index in [1.54, 1.807) is 11.3 Å². The molecule has 0 fully saturated rings. The molecule has 2 N–H and O–H groups in total. The highest BCUT2D eigenvalue weighted by molar-refractivity contribution is 7.10. The van der Waals surface area contributed by atoms with Gasteiger partial charge in [0.1, 0.15) is 6.10 Å². The van der Waals surface area contributed by atoms with Crippen molar-refractivity contribution < 1.29 is 10.2 Å². The van der Waals surface area contributed by atoms with E-state index in [1.807, 2.05) is 28.3 Å². The molecule has 74 valence electrons. The van der Waals surface area contributed by atoms with Crippen LogP contribution in [0.3, 0.4) is 0 Å². The van der Waals surface area contributed by atoms with Gasteiger partial charge in [-0.2, -0.15) is 11.3 Å². The summed E-state index contributed by atoms with van der Waals surface area (Å²) in [7, 11) is 0. The van der Waals surface area contributed by atoms with Crippen molar-refractivity contribution in [3.8, 4) is 0 Å². The van der Waals surface area contributed by atoms with Gasteiger partial charge in [0.15, 0.2) is 0 Å². The Morgan fingerprint density at radius 1 is 1.36 bits per heavy atom. The summed E-state index contributed by atoms with van der Waals surface area (Å²) in [6.45, 7) is 0.0346. The molecule has 0 bridgehead atoms. The normalized spacial score (nSPS) is 13.0. The highest BCUT2D eigenvalue weighted by Gasteiger charge is 2.12. The van der Waals surface area contributed by atoms with E-state index in [9.17, 15) is 5.11 Å². The van der Waals surface area contributed by atoms with E-state index in [2.05, 4.69) is 0 Å². The molecule has 1 unspecified atom stereocenters. The van der Waals surface area contributed by atoms with E-state index in [1.165, 1.54) is 11.3 Å². The molecule has 0 aliphatic heterocycles. The Morgan fingerprint density at radius 2 is 2.21 bits per heavy atom. The Labute approximate surface area is 90.1 Å². The summed E-state index contributed by atoms with van der Waals surface area (Å²) in [5.41, 5.74) is 1.78. The van der Waals surface area contributed by atoms with Gasteiger partial charge in [0.2, 0.25) is 0 Å². The standard InChI is InChI=1S/C10H10O2S2/c11-4-7-3-9(14-5-7)10(12)8-1-2-13-6-8/h1-3,5-6,10-12H,4H2. The summed E-state index contributed by atoms with van der Waals surface area (Å²) in [4.78, 5) is 0.882. The molecular weight excluding hydrogens is 216 g/mol. The van der Waals surface area contributed by atoms with E-state index in [4.69, 9.17) is 5.11 Å². The van der Waals surface area contributed by atoms with Crippen LogP contribution in [0.5, 0.6) is 0 Å².